The van der Waals surface area contributed by atoms with E-state index in [1.165, 1.54) is 5.56 Å². The topological polar surface area (TPSA) is 27.6 Å². The molecule has 0 bridgehead atoms. The van der Waals surface area contributed by atoms with Crippen LogP contribution in [0.3, 0.4) is 0 Å². The Morgan fingerprint density at radius 3 is 2.81 bits per heavy atom. The van der Waals surface area contributed by atoms with E-state index in [1.807, 2.05) is 12.1 Å². The molecule has 1 aromatic rings. The summed E-state index contributed by atoms with van der Waals surface area (Å²) in [5.74, 6) is 0.991. The lowest BCUT2D eigenvalue weighted by molar-refractivity contribution is 0.534. The van der Waals surface area contributed by atoms with E-state index < -0.39 is 0 Å². The second kappa shape index (κ2) is 6.44. The van der Waals surface area contributed by atoms with Gasteiger partial charge in [-0.05, 0) is 11.6 Å². The molecule has 3 nitrogen and oxygen atoms in total. The first-order valence-electron chi connectivity index (χ1n) is 5.00. The van der Waals surface area contributed by atoms with Crippen molar-refractivity contribution in [1.29, 1.82) is 0 Å². The minimum atomic E-state index is 0. The summed E-state index contributed by atoms with van der Waals surface area (Å²) in [6.45, 7) is 2.72. The van der Waals surface area contributed by atoms with Gasteiger partial charge in [-0.2, -0.15) is 0 Å². The van der Waals surface area contributed by atoms with Crippen molar-refractivity contribution in [2.24, 2.45) is 4.99 Å². The van der Waals surface area contributed by atoms with Gasteiger partial charge in [-0.25, -0.2) is 0 Å². The van der Waals surface area contributed by atoms with Gasteiger partial charge in [-0.1, -0.05) is 34.1 Å². The first-order chi connectivity index (χ1) is 7.27. The van der Waals surface area contributed by atoms with Crippen LogP contribution < -0.4 is 5.32 Å². The van der Waals surface area contributed by atoms with E-state index in [1.54, 1.807) is 0 Å². The van der Waals surface area contributed by atoms with Crippen LogP contribution >= 0.6 is 39.9 Å². The van der Waals surface area contributed by atoms with Crippen molar-refractivity contribution in [3.05, 3.63) is 34.3 Å². The molecule has 0 amide bonds. The van der Waals surface area contributed by atoms with Crippen LogP contribution in [-0.4, -0.2) is 31.0 Å². The SMILES string of the molecule is CN1CCN=C1NCc1ccccc1Br.I. The van der Waals surface area contributed by atoms with E-state index in [4.69, 9.17) is 0 Å². The Bertz CT molecular complexity index is 381. The lowest BCUT2D eigenvalue weighted by Crippen LogP contribution is -2.35. The van der Waals surface area contributed by atoms with Gasteiger partial charge in [0.15, 0.2) is 5.96 Å². The molecule has 0 atom stereocenters. The lowest BCUT2D eigenvalue weighted by atomic mass is 10.2. The lowest BCUT2D eigenvalue weighted by Gasteiger charge is -2.15. The molecule has 5 heteroatoms. The predicted molar refractivity (Wildman–Crippen MR) is 81.3 cm³/mol. The van der Waals surface area contributed by atoms with E-state index in [0.29, 0.717) is 0 Å². The maximum absolute atomic E-state index is 4.38. The minimum absolute atomic E-state index is 0. The summed E-state index contributed by atoms with van der Waals surface area (Å²) in [5.41, 5.74) is 1.25. The zero-order valence-corrected chi connectivity index (χ0v) is 13.0. The molecule has 0 radical (unpaired) electrons. The Morgan fingerprint density at radius 2 is 2.19 bits per heavy atom. The fourth-order valence-corrected chi connectivity index (χ4v) is 1.96. The maximum atomic E-state index is 4.38. The highest BCUT2D eigenvalue weighted by molar-refractivity contribution is 14.0. The highest BCUT2D eigenvalue weighted by Crippen LogP contribution is 2.15. The minimum Gasteiger partial charge on any atom is -0.352 e. The van der Waals surface area contributed by atoms with Crippen molar-refractivity contribution < 1.29 is 0 Å². The van der Waals surface area contributed by atoms with Crippen molar-refractivity contribution in [2.75, 3.05) is 20.1 Å². The van der Waals surface area contributed by atoms with E-state index in [9.17, 15) is 0 Å². The van der Waals surface area contributed by atoms with Gasteiger partial charge >= 0.3 is 0 Å². The second-order valence-corrected chi connectivity index (χ2v) is 4.43. The normalized spacial score (nSPS) is 14.4. The van der Waals surface area contributed by atoms with Gasteiger partial charge in [0.1, 0.15) is 0 Å². The van der Waals surface area contributed by atoms with Gasteiger partial charge in [-0.3, -0.25) is 4.99 Å². The molecule has 0 unspecified atom stereocenters. The van der Waals surface area contributed by atoms with Crippen LogP contribution in [0.15, 0.2) is 33.7 Å². The van der Waals surface area contributed by atoms with Crippen LogP contribution in [0.1, 0.15) is 5.56 Å². The van der Waals surface area contributed by atoms with Crippen molar-refractivity contribution in [2.45, 2.75) is 6.54 Å². The zero-order valence-electron chi connectivity index (χ0n) is 9.11. The van der Waals surface area contributed by atoms with Crippen molar-refractivity contribution in [3.63, 3.8) is 0 Å². The summed E-state index contributed by atoms with van der Waals surface area (Å²) in [6.07, 6.45) is 0. The van der Waals surface area contributed by atoms with E-state index >= 15 is 0 Å². The molecule has 16 heavy (non-hydrogen) atoms. The number of hydrogen-bond acceptors (Lipinski definition) is 3. The number of hydrogen-bond donors (Lipinski definition) is 1. The largest absolute Gasteiger partial charge is 0.352 e. The molecular weight excluding hydrogens is 381 g/mol. The van der Waals surface area contributed by atoms with E-state index in [0.717, 1.165) is 30.1 Å². The number of nitrogens with one attached hydrogen (secondary N) is 1. The smallest absolute Gasteiger partial charge is 0.194 e. The van der Waals surface area contributed by atoms with Crippen molar-refractivity contribution in [3.8, 4) is 0 Å². The Morgan fingerprint density at radius 1 is 1.44 bits per heavy atom. The Hall–Kier alpha value is -0.300. The number of rotatable bonds is 2. The second-order valence-electron chi connectivity index (χ2n) is 3.57. The number of benzene rings is 1. The van der Waals surface area contributed by atoms with Crippen LogP contribution in [0.2, 0.25) is 0 Å². The summed E-state index contributed by atoms with van der Waals surface area (Å²) in [7, 11) is 2.05. The molecule has 1 aromatic carbocycles. The quantitative estimate of drug-likeness (QED) is 0.779. The first kappa shape index (κ1) is 13.8. The molecule has 0 fully saturated rings. The summed E-state index contributed by atoms with van der Waals surface area (Å²) >= 11 is 3.53. The third kappa shape index (κ3) is 3.35. The van der Waals surface area contributed by atoms with Gasteiger partial charge in [0.2, 0.25) is 0 Å². The summed E-state index contributed by atoms with van der Waals surface area (Å²) in [6, 6.07) is 8.22. The van der Waals surface area contributed by atoms with Crippen LogP contribution in [0.4, 0.5) is 0 Å². The highest BCUT2D eigenvalue weighted by atomic mass is 127. The highest BCUT2D eigenvalue weighted by Gasteiger charge is 2.11. The van der Waals surface area contributed by atoms with Crippen LogP contribution in [0.25, 0.3) is 0 Å². The third-order valence-corrected chi connectivity index (χ3v) is 3.23. The molecule has 0 aromatic heterocycles. The van der Waals surface area contributed by atoms with Gasteiger partial charge < -0.3 is 10.2 Å². The molecule has 0 saturated heterocycles. The number of nitrogens with zero attached hydrogens (tertiary/aromatic N) is 2. The zero-order chi connectivity index (χ0) is 10.7. The van der Waals surface area contributed by atoms with Crippen LogP contribution in [0, 0.1) is 0 Å². The van der Waals surface area contributed by atoms with E-state index in [2.05, 4.69) is 50.3 Å². The molecule has 1 aliphatic rings. The van der Waals surface area contributed by atoms with Crippen LogP contribution in [-0.2, 0) is 6.54 Å². The van der Waals surface area contributed by atoms with Crippen LogP contribution in [0.5, 0.6) is 0 Å². The molecule has 0 aliphatic carbocycles. The standard InChI is InChI=1S/C11H14BrN3.HI/c1-15-7-6-13-11(15)14-8-9-4-2-3-5-10(9)12;/h2-5H,6-8H2,1H3,(H,13,14);1H. The summed E-state index contributed by atoms with van der Waals surface area (Å²) < 4.78 is 1.14. The monoisotopic (exact) mass is 395 g/mol. The summed E-state index contributed by atoms with van der Waals surface area (Å²) in [4.78, 5) is 6.51. The predicted octanol–water partition coefficient (Wildman–Crippen LogP) is 2.46. The fourth-order valence-electron chi connectivity index (χ4n) is 1.54. The van der Waals surface area contributed by atoms with Crippen molar-refractivity contribution in [1.82, 2.24) is 10.2 Å². The number of guanidine groups is 1. The molecular formula is C11H15BrIN3. The molecule has 0 spiro atoms. The molecule has 0 saturated carbocycles. The number of halogens is 2. The number of aliphatic imine (C=N–C) groups is 1. The number of likely N-dealkylation sites (N-methyl/N-ethyl adjacent to an activating group) is 1. The molecule has 2 rings (SSSR count). The average molecular weight is 396 g/mol. The molecule has 1 heterocycles. The molecule has 1 aliphatic heterocycles. The van der Waals surface area contributed by atoms with Gasteiger partial charge in [0.25, 0.3) is 0 Å². The van der Waals surface area contributed by atoms with E-state index in [-0.39, 0.29) is 24.0 Å². The van der Waals surface area contributed by atoms with Gasteiger partial charge in [0.05, 0.1) is 6.54 Å². The maximum Gasteiger partial charge on any atom is 0.194 e. The summed E-state index contributed by atoms with van der Waals surface area (Å²) in [5, 5.41) is 3.33. The Labute approximate surface area is 121 Å². The van der Waals surface area contributed by atoms with Gasteiger partial charge in [-0.15, -0.1) is 24.0 Å². The molecule has 1 N–H and O–H groups in total. The third-order valence-electron chi connectivity index (χ3n) is 2.45. The average Bonchev–Trinajstić information content (AvgIpc) is 2.63. The van der Waals surface area contributed by atoms with Crippen molar-refractivity contribution >= 4 is 45.9 Å². The fraction of sp³-hybridized carbons (Fsp3) is 0.364. The Kier molecular flexibility index (Phi) is 5.54. The van der Waals surface area contributed by atoms with Gasteiger partial charge in [0, 0.05) is 24.6 Å². The molecule has 88 valence electrons. The first-order valence-corrected chi connectivity index (χ1v) is 5.79. The Balaban J connectivity index is 0.00000128.